The third kappa shape index (κ3) is 10.7. The van der Waals surface area contributed by atoms with Gasteiger partial charge in [0.2, 0.25) is 0 Å². The first-order valence-corrected chi connectivity index (χ1v) is 1.26. The molecule has 0 fully saturated rings. The fourth-order valence-corrected chi connectivity index (χ4v) is 0.0577. The Balaban J connectivity index is -0.000000125. The van der Waals surface area contributed by atoms with E-state index in [4.69, 9.17) is 5.26 Å². The van der Waals surface area contributed by atoms with Gasteiger partial charge in [-0.1, -0.05) is 0 Å². The normalized spacial score (nSPS) is 5.57. The van der Waals surface area contributed by atoms with Gasteiger partial charge in [-0.3, -0.25) is 10.1 Å². The van der Waals surface area contributed by atoms with Gasteiger partial charge in [0.05, 0.1) is 0 Å². The molecular weight excluding hydrogens is 107 g/mol. The van der Waals surface area contributed by atoms with Crippen molar-refractivity contribution in [2.45, 2.75) is 0 Å². The monoisotopic (exact) mass is 110 g/mol. The first kappa shape index (κ1) is 10.00. The minimum atomic E-state index is -0.681. The van der Waals surface area contributed by atoms with Crippen LogP contribution in [0.5, 0.6) is 0 Å². The van der Waals surface area contributed by atoms with Crippen LogP contribution in [0.4, 0.5) is 0 Å². The van der Waals surface area contributed by atoms with Crippen LogP contribution in [0.3, 0.4) is 0 Å². The van der Waals surface area contributed by atoms with E-state index < -0.39 is 11.5 Å². The van der Waals surface area contributed by atoms with Crippen molar-refractivity contribution in [2.24, 2.45) is 0 Å². The first-order chi connectivity index (χ1) is 2.77. The number of nitro groups is 1. The predicted octanol–water partition coefficient (Wildman–Crippen LogP) is -3.10. The van der Waals surface area contributed by atoms with E-state index in [1.54, 1.807) is 0 Å². The molecule has 0 heterocycles. The summed E-state index contributed by atoms with van der Waals surface area (Å²) in [7, 11) is 0. The van der Waals surface area contributed by atoms with Crippen molar-refractivity contribution >= 4 is 0 Å². The van der Waals surface area contributed by atoms with E-state index >= 15 is 0 Å². The first-order valence-electron chi connectivity index (χ1n) is 1.26. The van der Waals surface area contributed by atoms with Crippen LogP contribution in [-0.4, -0.2) is 11.5 Å². The topological polar surface area (TPSA) is 66.9 Å². The van der Waals surface area contributed by atoms with Crippen molar-refractivity contribution in [3.05, 3.63) is 10.1 Å². The molecule has 0 radical (unpaired) electrons. The molecule has 0 aromatic carbocycles. The fraction of sp³-hybridized carbons (Fsp3) is 0.500. The molecule has 0 saturated heterocycles. The summed E-state index contributed by atoms with van der Waals surface area (Å²) < 4.78 is 0. The van der Waals surface area contributed by atoms with Crippen molar-refractivity contribution < 1.29 is 35.9 Å². The fourth-order valence-electron chi connectivity index (χ4n) is 0.0577. The Labute approximate surface area is 64.0 Å². The molecule has 0 N–H and O–H groups in total. The summed E-state index contributed by atoms with van der Waals surface area (Å²) in [5, 5.41) is 16.7. The van der Waals surface area contributed by atoms with Crippen LogP contribution >= 0.6 is 0 Å². The van der Waals surface area contributed by atoms with Crippen molar-refractivity contribution in [2.75, 3.05) is 6.54 Å². The van der Waals surface area contributed by atoms with Gasteiger partial charge >= 0.3 is 29.6 Å². The maximum absolute atomic E-state index is 9.18. The molecule has 0 aromatic heterocycles. The van der Waals surface area contributed by atoms with Crippen LogP contribution in [0, 0.1) is 21.4 Å². The van der Waals surface area contributed by atoms with E-state index in [0.717, 1.165) is 0 Å². The standard InChI is InChI=1S/C2H2N2O2.Na.H/c3-1-2-4(5)6;;/h2H2;;/q;+1;-1. The molecule has 4 nitrogen and oxygen atoms in total. The summed E-state index contributed by atoms with van der Waals surface area (Å²) in [6.07, 6.45) is 0. The van der Waals surface area contributed by atoms with Crippen LogP contribution in [0.1, 0.15) is 1.43 Å². The Morgan fingerprint density at radius 1 is 2.00 bits per heavy atom. The molecule has 0 aliphatic carbocycles. The zero-order valence-corrected chi connectivity index (χ0v) is 5.92. The third-order valence-electron chi connectivity index (χ3n) is 0.200. The maximum atomic E-state index is 9.18. The van der Waals surface area contributed by atoms with Crippen LogP contribution in [0.2, 0.25) is 0 Å². The molecule has 0 atom stereocenters. The van der Waals surface area contributed by atoms with Gasteiger partial charge in [0.15, 0.2) is 0 Å². The molecule has 5 heteroatoms. The van der Waals surface area contributed by atoms with Crippen molar-refractivity contribution in [3.63, 3.8) is 0 Å². The second-order valence-corrected chi connectivity index (χ2v) is 0.649. The summed E-state index contributed by atoms with van der Waals surface area (Å²) in [6.45, 7) is -0.597. The zero-order chi connectivity index (χ0) is 4.99. The van der Waals surface area contributed by atoms with Gasteiger partial charge in [0, 0.05) is 4.92 Å². The Hall–Kier alpha value is -0.110. The summed E-state index contributed by atoms with van der Waals surface area (Å²) in [4.78, 5) is 8.50. The van der Waals surface area contributed by atoms with Crippen LogP contribution < -0.4 is 29.6 Å². The molecule has 0 unspecified atom stereocenters. The van der Waals surface area contributed by atoms with E-state index in [-0.39, 0.29) is 31.0 Å². The van der Waals surface area contributed by atoms with Crippen molar-refractivity contribution in [1.29, 1.82) is 5.26 Å². The van der Waals surface area contributed by atoms with Gasteiger partial charge in [-0.15, -0.1) is 0 Å². The van der Waals surface area contributed by atoms with Gasteiger partial charge in [-0.05, 0) is 0 Å². The molecule has 0 aliphatic heterocycles. The Kier molecular flexibility index (Phi) is 8.41. The molecule has 0 aromatic rings. The average molecular weight is 110 g/mol. The second kappa shape index (κ2) is 5.89. The van der Waals surface area contributed by atoms with Crippen molar-refractivity contribution in [1.82, 2.24) is 0 Å². The number of rotatable bonds is 1. The molecule has 7 heavy (non-hydrogen) atoms. The molecule has 0 rings (SSSR count). The molecule has 0 aliphatic rings. The SMILES string of the molecule is N#CC[N+](=O)[O-].[H-].[Na+]. The zero-order valence-electron chi connectivity index (χ0n) is 4.92. The van der Waals surface area contributed by atoms with E-state index in [9.17, 15) is 10.1 Å². The van der Waals surface area contributed by atoms with Gasteiger partial charge in [0.25, 0.3) is 6.54 Å². The number of hydrogen-bond donors (Lipinski definition) is 0. The summed E-state index contributed by atoms with van der Waals surface area (Å²) >= 11 is 0. The smallest absolute Gasteiger partial charge is 1.00 e. The summed E-state index contributed by atoms with van der Waals surface area (Å²) in [6, 6.07) is 1.37. The number of hydrogen-bond acceptors (Lipinski definition) is 3. The summed E-state index contributed by atoms with van der Waals surface area (Å²) in [5.74, 6) is 0. The predicted molar refractivity (Wildman–Crippen MR) is 18.6 cm³/mol. The van der Waals surface area contributed by atoms with Crippen LogP contribution in [-0.2, 0) is 0 Å². The summed E-state index contributed by atoms with van der Waals surface area (Å²) in [5.41, 5.74) is 0. The minimum Gasteiger partial charge on any atom is -1.00 e. The molecule has 34 valence electrons. The van der Waals surface area contributed by atoms with Gasteiger partial charge in [-0.25, -0.2) is 0 Å². The van der Waals surface area contributed by atoms with E-state index in [1.807, 2.05) is 0 Å². The van der Waals surface area contributed by atoms with Crippen molar-refractivity contribution in [3.8, 4) is 6.07 Å². The molecule has 0 bridgehead atoms. The Bertz CT molecular complexity index is 101. The van der Waals surface area contributed by atoms with E-state index in [2.05, 4.69) is 0 Å². The molecule has 0 saturated carbocycles. The Morgan fingerprint density at radius 2 is 2.43 bits per heavy atom. The molecular formula is C2H3N2NaO2. The third-order valence-corrected chi connectivity index (χ3v) is 0.200. The molecule has 0 amide bonds. The van der Waals surface area contributed by atoms with Gasteiger partial charge in [-0.2, -0.15) is 5.26 Å². The van der Waals surface area contributed by atoms with Crippen LogP contribution in [0.25, 0.3) is 0 Å². The average Bonchev–Trinajstić information content (AvgIpc) is 1.35. The van der Waals surface area contributed by atoms with E-state index in [0.29, 0.717) is 0 Å². The minimum absolute atomic E-state index is 0. The second-order valence-electron chi connectivity index (χ2n) is 0.649. The largest absolute Gasteiger partial charge is 1.00 e. The number of nitriles is 1. The quantitative estimate of drug-likeness (QED) is 0.155. The maximum Gasteiger partial charge on any atom is 1.00 e. The van der Waals surface area contributed by atoms with Gasteiger partial charge < -0.3 is 1.43 Å². The van der Waals surface area contributed by atoms with Crippen LogP contribution in [0.15, 0.2) is 0 Å². The Morgan fingerprint density at radius 3 is 2.43 bits per heavy atom. The van der Waals surface area contributed by atoms with E-state index in [1.165, 1.54) is 6.07 Å². The van der Waals surface area contributed by atoms with Gasteiger partial charge in [0.1, 0.15) is 6.07 Å². The molecule has 0 spiro atoms. The number of nitrogens with zero attached hydrogens (tertiary/aromatic N) is 2.